The Morgan fingerprint density at radius 1 is 1.08 bits per heavy atom. The molecule has 0 radical (unpaired) electrons. The number of piperazine rings is 1. The van der Waals surface area contributed by atoms with Crippen LogP contribution in [0.3, 0.4) is 0 Å². The summed E-state index contributed by atoms with van der Waals surface area (Å²) >= 11 is 0.958. The Kier molecular flexibility index (Phi) is 7.55. The van der Waals surface area contributed by atoms with E-state index in [1.807, 2.05) is 37.8 Å². The van der Waals surface area contributed by atoms with E-state index in [-0.39, 0.29) is 42.1 Å². The standard InChI is InChI=1S/C25H30N6O6S2/c1-14(2)18(17-6-5-15(3)37-17)29-20-19(22(33)23(20)34)28-16-13-38-24(21(16)32)39(35,36)31-11-9-30(10-12-31)25-26-7-4-8-27-25/h4-8,13-14,18,21,24,28-29,32H,9-12H2,1-3H3/t18-,21?,24?/m1/s1. The quantitative estimate of drug-likeness (QED) is 0.318. The number of aliphatic hydroxyl groups is 1. The number of hydrogen-bond acceptors (Lipinski definition) is 12. The van der Waals surface area contributed by atoms with Crippen LogP contribution < -0.4 is 26.4 Å². The van der Waals surface area contributed by atoms with Crippen molar-refractivity contribution in [2.24, 2.45) is 5.92 Å². The number of aliphatic hydroxyl groups excluding tert-OH is 1. The number of anilines is 3. The van der Waals surface area contributed by atoms with Gasteiger partial charge in [-0.15, -0.1) is 11.8 Å². The SMILES string of the molecule is Cc1ccc([C@H](Nc2c(NC3=CSC(S(=O)(=O)N4CCN(c5ncccn5)CC4)C3O)c(=O)c2=O)C(C)C)o1. The van der Waals surface area contributed by atoms with Gasteiger partial charge in [-0.3, -0.25) is 9.59 Å². The van der Waals surface area contributed by atoms with Gasteiger partial charge < -0.3 is 25.1 Å². The lowest BCUT2D eigenvalue weighted by Crippen LogP contribution is -2.52. The smallest absolute Gasteiger partial charge is 0.253 e. The number of thioether (sulfide) groups is 1. The van der Waals surface area contributed by atoms with Crippen molar-refractivity contribution >= 4 is 39.1 Å². The lowest BCUT2D eigenvalue weighted by atomic mass is 10.0. The molecule has 0 spiro atoms. The number of hydrogen-bond donors (Lipinski definition) is 3. The van der Waals surface area contributed by atoms with E-state index in [2.05, 4.69) is 20.6 Å². The van der Waals surface area contributed by atoms with Crippen LogP contribution in [0.25, 0.3) is 0 Å². The molecular formula is C25H30N6O6S2. The van der Waals surface area contributed by atoms with E-state index >= 15 is 0 Å². The molecule has 5 rings (SSSR count). The Bertz CT molecular complexity index is 1540. The van der Waals surface area contributed by atoms with E-state index in [0.29, 0.717) is 24.8 Å². The zero-order valence-corrected chi connectivity index (χ0v) is 23.3. The number of sulfonamides is 1. The van der Waals surface area contributed by atoms with Crippen molar-refractivity contribution in [3.8, 4) is 0 Å². The van der Waals surface area contributed by atoms with Gasteiger partial charge in [0.2, 0.25) is 16.0 Å². The van der Waals surface area contributed by atoms with Crippen molar-refractivity contribution in [2.45, 2.75) is 37.5 Å². The molecule has 39 heavy (non-hydrogen) atoms. The minimum Gasteiger partial charge on any atom is -0.464 e. The van der Waals surface area contributed by atoms with Gasteiger partial charge in [0.15, 0.2) is 4.58 Å². The molecule has 0 bridgehead atoms. The molecule has 0 amide bonds. The summed E-state index contributed by atoms with van der Waals surface area (Å²) in [5, 5.41) is 18.4. The fraction of sp³-hybridized carbons (Fsp3) is 0.440. The summed E-state index contributed by atoms with van der Waals surface area (Å²) in [5.41, 5.74) is -1.20. The molecule has 2 aliphatic rings. The van der Waals surface area contributed by atoms with Gasteiger partial charge in [-0.1, -0.05) is 13.8 Å². The molecular weight excluding hydrogens is 544 g/mol. The molecule has 2 unspecified atom stereocenters. The lowest BCUT2D eigenvalue weighted by molar-refractivity contribution is 0.226. The monoisotopic (exact) mass is 574 g/mol. The third-order valence-electron chi connectivity index (χ3n) is 6.85. The van der Waals surface area contributed by atoms with Crippen LogP contribution in [0.5, 0.6) is 0 Å². The van der Waals surface area contributed by atoms with Crippen molar-refractivity contribution in [1.29, 1.82) is 0 Å². The maximum Gasteiger partial charge on any atom is 0.253 e. The number of aromatic nitrogens is 2. The van der Waals surface area contributed by atoms with Crippen LogP contribution in [0.15, 0.2) is 55.7 Å². The highest BCUT2D eigenvalue weighted by atomic mass is 32.3. The minimum atomic E-state index is -3.88. The molecule has 4 heterocycles. The number of furan rings is 1. The third-order valence-corrected chi connectivity index (χ3v) is 10.8. The van der Waals surface area contributed by atoms with E-state index in [1.165, 1.54) is 9.71 Å². The van der Waals surface area contributed by atoms with Gasteiger partial charge in [0.25, 0.3) is 10.9 Å². The number of rotatable bonds is 9. The molecule has 0 saturated carbocycles. The van der Waals surface area contributed by atoms with E-state index in [4.69, 9.17) is 4.42 Å². The highest BCUT2D eigenvalue weighted by Gasteiger charge is 2.44. The minimum absolute atomic E-state index is 0.00523. The first-order valence-electron chi connectivity index (χ1n) is 12.6. The van der Waals surface area contributed by atoms with Crippen LogP contribution in [0.4, 0.5) is 17.3 Å². The summed E-state index contributed by atoms with van der Waals surface area (Å²) in [7, 11) is -3.88. The summed E-state index contributed by atoms with van der Waals surface area (Å²) in [4.78, 5) is 35.2. The summed E-state index contributed by atoms with van der Waals surface area (Å²) in [6, 6.07) is 4.98. The molecule has 2 aliphatic heterocycles. The van der Waals surface area contributed by atoms with Crippen LogP contribution >= 0.6 is 11.8 Å². The third kappa shape index (κ3) is 5.21. The molecule has 12 nitrogen and oxygen atoms in total. The Hall–Kier alpha value is -3.20. The Balaban J connectivity index is 1.26. The molecule has 3 atom stereocenters. The van der Waals surface area contributed by atoms with Crippen molar-refractivity contribution in [2.75, 3.05) is 41.7 Å². The normalized spacial score (nSPS) is 21.4. The fourth-order valence-corrected chi connectivity index (χ4v) is 7.95. The average Bonchev–Trinajstić information content (AvgIpc) is 3.53. The van der Waals surface area contributed by atoms with Crippen LogP contribution in [0.2, 0.25) is 0 Å². The van der Waals surface area contributed by atoms with Gasteiger partial charge in [-0.2, -0.15) is 4.31 Å². The van der Waals surface area contributed by atoms with Crippen molar-refractivity contribution in [3.63, 3.8) is 0 Å². The van der Waals surface area contributed by atoms with Crippen molar-refractivity contribution in [1.82, 2.24) is 14.3 Å². The largest absolute Gasteiger partial charge is 0.464 e. The summed E-state index contributed by atoms with van der Waals surface area (Å²) in [6.45, 7) is 7.01. The van der Waals surface area contributed by atoms with Crippen LogP contribution in [-0.2, 0) is 10.0 Å². The number of nitrogens with zero attached hydrogens (tertiary/aromatic N) is 4. The highest BCUT2D eigenvalue weighted by Crippen LogP contribution is 2.38. The molecule has 1 aromatic carbocycles. The molecule has 208 valence electrons. The fourth-order valence-electron chi connectivity index (χ4n) is 4.65. The topological polar surface area (TPSA) is 158 Å². The summed E-state index contributed by atoms with van der Waals surface area (Å²) in [5.74, 6) is 1.92. The van der Waals surface area contributed by atoms with Crippen molar-refractivity contribution in [3.05, 3.63) is 73.7 Å². The Labute approximate surface area is 229 Å². The summed E-state index contributed by atoms with van der Waals surface area (Å²) < 4.78 is 32.7. The van der Waals surface area contributed by atoms with Crippen molar-refractivity contribution < 1.29 is 17.9 Å². The first-order valence-corrected chi connectivity index (χ1v) is 15.0. The lowest BCUT2D eigenvalue weighted by Gasteiger charge is -2.35. The molecule has 14 heteroatoms. The second kappa shape index (κ2) is 10.8. The van der Waals surface area contributed by atoms with Gasteiger partial charge in [-0.25, -0.2) is 18.4 Å². The van der Waals surface area contributed by atoms with Gasteiger partial charge in [0.1, 0.15) is 29.0 Å². The van der Waals surface area contributed by atoms with Gasteiger partial charge in [0, 0.05) is 38.6 Å². The molecule has 1 saturated heterocycles. The first kappa shape index (κ1) is 27.4. The van der Waals surface area contributed by atoms with E-state index in [1.54, 1.807) is 18.5 Å². The van der Waals surface area contributed by atoms with E-state index < -0.39 is 31.6 Å². The number of aryl methyl sites for hydroxylation is 1. The number of nitrogens with one attached hydrogen (secondary N) is 2. The van der Waals surface area contributed by atoms with Gasteiger partial charge in [0.05, 0.1) is 11.7 Å². The Morgan fingerprint density at radius 2 is 1.74 bits per heavy atom. The van der Waals surface area contributed by atoms with Gasteiger partial charge in [-0.05, 0) is 36.4 Å². The predicted molar refractivity (Wildman–Crippen MR) is 150 cm³/mol. The van der Waals surface area contributed by atoms with Crippen LogP contribution in [0.1, 0.15) is 31.4 Å². The Morgan fingerprint density at radius 3 is 2.36 bits per heavy atom. The maximum absolute atomic E-state index is 13.4. The second-order valence-electron chi connectivity index (χ2n) is 9.85. The van der Waals surface area contributed by atoms with Crippen LogP contribution in [0, 0.1) is 12.8 Å². The molecule has 0 aliphatic carbocycles. The summed E-state index contributed by atoms with van der Waals surface area (Å²) in [6.07, 6.45) is 1.85. The molecule has 3 aromatic rings. The predicted octanol–water partition coefficient (Wildman–Crippen LogP) is 1.62. The maximum atomic E-state index is 13.4. The van der Waals surface area contributed by atoms with E-state index in [0.717, 1.165) is 17.5 Å². The average molecular weight is 575 g/mol. The van der Waals surface area contributed by atoms with E-state index in [9.17, 15) is 23.1 Å². The molecule has 1 fully saturated rings. The zero-order valence-electron chi connectivity index (χ0n) is 21.7. The second-order valence-corrected chi connectivity index (χ2v) is 13.2. The van der Waals surface area contributed by atoms with Gasteiger partial charge >= 0.3 is 0 Å². The highest BCUT2D eigenvalue weighted by molar-refractivity contribution is 8.14. The van der Waals surface area contributed by atoms with Crippen LogP contribution in [-0.4, -0.2) is 64.7 Å². The molecule has 3 N–H and O–H groups in total. The zero-order chi connectivity index (χ0) is 27.9. The first-order chi connectivity index (χ1) is 18.6. The molecule has 2 aromatic heterocycles.